The third-order valence-electron chi connectivity index (χ3n) is 5.01. The maximum absolute atomic E-state index is 12.3. The molecule has 1 unspecified atom stereocenters. The molecule has 0 aliphatic carbocycles. The van der Waals surface area contributed by atoms with Crippen molar-refractivity contribution in [2.75, 3.05) is 12.4 Å². The fourth-order valence-electron chi connectivity index (χ4n) is 3.27. The van der Waals surface area contributed by atoms with Crippen LogP contribution in [-0.4, -0.2) is 31.4 Å². The van der Waals surface area contributed by atoms with E-state index >= 15 is 0 Å². The molecule has 0 aliphatic rings. The minimum atomic E-state index is -0.0912. The average Bonchev–Trinajstić information content (AvgIpc) is 3.25. The SMILES string of the molecule is CNc1ncc(-c2cc(=O)n(C)cc2-c2cnn(C(C)c3ccccc3)c2)cn1. The Labute approximate surface area is 168 Å². The van der Waals surface area contributed by atoms with Gasteiger partial charge in [0.25, 0.3) is 5.56 Å². The third-order valence-corrected chi connectivity index (χ3v) is 5.01. The summed E-state index contributed by atoms with van der Waals surface area (Å²) in [5.74, 6) is 0.531. The molecule has 146 valence electrons. The molecule has 3 aromatic heterocycles. The van der Waals surface area contributed by atoms with E-state index in [1.807, 2.05) is 41.5 Å². The maximum atomic E-state index is 12.3. The van der Waals surface area contributed by atoms with Gasteiger partial charge in [0.2, 0.25) is 5.95 Å². The van der Waals surface area contributed by atoms with Gasteiger partial charge in [-0.3, -0.25) is 9.48 Å². The van der Waals surface area contributed by atoms with Crippen molar-refractivity contribution < 1.29 is 0 Å². The predicted molar refractivity (Wildman–Crippen MR) is 114 cm³/mol. The molecule has 0 bridgehead atoms. The minimum Gasteiger partial charge on any atom is -0.357 e. The number of hydrogen-bond acceptors (Lipinski definition) is 5. The van der Waals surface area contributed by atoms with E-state index in [1.165, 1.54) is 5.56 Å². The second-order valence-electron chi connectivity index (χ2n) is 6.89. The normalized spacial score (nSPS) is 12.0. The first kappa shape index (κ1) is 18.6. The number of benzene rings is 1. The molecule has 7 nitrogen and oxygen atoms in total. The third kappa shape index (κ3) is 3.67. The average molecular weight is 386 g/mol. The van der Waals surface area contributed by atoms with Crippen LogP contribution in [0.1, 0.15) is 18.5 Å². The zero-order valence-corrected chi connectivity index (χ0v) is 16.6. The van der Waals surface area contributed by atoms with E-state index in [0.29, 0.717) is 5.95 Å². The Kier molecular flexibility index (Phi) is 4.95. The van der Waals surface area contributed by atoms with Crippen molar-refractivity contribution in [2.24, 2.45) is 7.05 Å². The first-order valence-corrected chi connectivity index (χ1v) is 9.37. The lowest BCUT2D eigenvalue weighted by Gasteiger charge is -2.13. The van der Waals surface area contributed by atoms with Crippen LogP contribution in [0.15, 0.2) is 72.2 Å². The molecule has 0 saturated carbocycles. The zero-order valence-electron chi connectivity index (χ0n) is 16.6. The molecule has 1 atom stereocenters. The van der Waals surface area contributed by atoms with Crippen LogP contribution in [0.3, 0.4) is 0 Å². The van der Waals surface area contributed by atoms with Gasteiger partial charge in [0.05, 0.1) is 12.2 Å². The molecule has 0 radical (unpaired) electrons. The second kappa shape index (κ2) is 7.71. The van der Waals surface area contributed by atoms with Crippen LogP contribution in [0, 0.1) is 0 Å². The van der Waals surface area contributed by atoms with E-state index in [1.54, 1.807) is 37.1 Å². The van der Waals surface area contributed by atoms with Crippen molar-refractivity contribution in [2.45, 2.75) is 13.0 Å². The van der Waals surface area contributed by atoms with Gasteiger partial charge >= 0.3 is 0 Å². The molecule has 4 rings (SSSR count). The first-order valence-electron chi connectivity index (χ1n) is 9.37. The highest BCUT2D eigenvalue weighted by Crippen LogP contribution is 2.31. The van der Waals surface area contributed by atoms with Crippen molar-refractivity contribution in [3.8, 4) is 22.3 Å². The van der Waals surface area contributed by atoms with Crippen LogP contribution in [0.4, 0.5) is 5.95 Å². The highest BCUT2D eigenvalue weighted by atomic mass is 16.1. The summed E-state index contributed by atoms with van der Waals surface area (Å²) in [6.45, 7) is 2.11. The van der Waals surface area contributed by atoms with Crippen molar-refractivity contribution >= 4 is 5.95 Å². The van der Waals surface area contributed by atoms with E-state index in [-0.39, 0.29) is 11.6 Å². The number of aromatic nitrogens is 5. The minimum absolute atomic E-state index is 0.0912. The summed E-state index contributed by atoms with van der Waals surface area (Å²) >= 11 is 0. The van der Waals surface area contributed by atoms with E-state index in [2.05, 4.69) is 39.4 Å². The predicted octanol–water partition coefficient (Wildman–Crippen LogP) is 3.36. The highest BCUT2D eigenvalue weighted by molar-refractivity contribution is 5.81. The lowest BCUT2D eigenvalue weighted by molar-refractivity contribution is 0.565. The van der Waals surface area contributed by atoms with Gasteiger partial charge < -0.3 is 9.88 Å². The number of nitrogens with one attached hydrogen (secondary N) is 1. The van der Waals surface area contributed by atoms with Crippen LogP contribution in [-0.2, 0) is 7.05 Å². The van der Waals surface area contributed by atoms with Crippen molar-refractivity contribution in [1.82, 2.24) is 24.3 Å². The van der Waals surface area contributed by atoms with Gasteiger partial charge in [0.1, 0.15) is 0 Å². The fraction of sp³-hybridized carbons (Fsp3) is 0.182. The quantitative estimate of drug-likeness (QED) is 0.569. The Morgan fingerprint density at radius 2 is 1.69 bits per heavy atom. The molecule has 3 heterocycles. The fourth-order valence-corrected chi connectivity index (χ4v) is 3.27. The Morgan fingerprint density at radius 3 is 2.38 bits per heavy atom. The number of anilines is 1. The summed E-state index contributed by atoms with van der Waals surface area (Å²) in [4.78, 5) is 20.9. The number of pyridine rings is 1. The number of hydrogen-bond donors (Lipinski definition) is 1. The number of nitrogens with zero attached hydrogens (tertiary/aromatic N) is 5. The summed E-state index contributed by atoms with van der Waals surface area (Å²) in [6, 6.07) is 11.9. The Morgan fingerprint density at radius 1 is 0.966 bits per heavy atom. The first-order chi connectivity index (χ1) is 14.1. The van der Waals surface area contributed by atoms with Gasteiger partial charge in [0.15, 0.2) is 0 Å². The molecule has 0 spiro atoms. The van der Waals surface area contributed by atoms with Crippen LogP contribution in [0.2, 0.25) is 0 Å². The van der Waals surface area contributed by atoms with Gasteiger partial charge in [-0.2, -0.15) is 5.10 Å². The van der Waals surface area contributed by atoms with Gasteiger partial charge in [-0.1, -0.05) is 30.3 Å². The van der Waals surface area contributed by atoms with Gasteiger partial charge in [-0.15, -0.1) is 0 Å². The Bertz CT molecular complexity index is 1180. The summed E-state index contributed by atoms with van der Waals surface area (Å²) in [5.41, 5.74) is 4.48. The van der Waals surface area contributed by atoms with Crippen LogP contribution < -0.4 is 10.9 Å². The standard InChI is InChI=1S/C22H22N6O/c1-15(16-7-5-4-6-8-16)28-13-18(12-26-28)20-14-27(3)21(29)9-19(20)17-10-24-22(23-2)25-11-17/h4-15H,1-3H3,(H,23,24,25). The van der Waals surface area contributed by atoms with Crippen molar-refractivity contribution in [1.29, 1.82) is 0 Å². The highest BCUT2D eigenvalue weighted by Gasteiger charge is 2.15. The van der Waals surface area contributed by atoms with Crippen LogP contribution in [0.5, 0.6) is 0 Å². The monoisotopic (exact) mass is 386 g/mol. The van der Waals surface area contributed by atoms with Gasteiger partial charge in [-0.25, -0.2) is 9.97 Å². The summed E-state index contributed by atoms with van der Waals surface area (Å²) in [7, 11) is 3.51. The van der Waals surface area contributed by atoms with Gasteiger partial charge in [-0.05, 0) is 18.1 Å². The molecule has 0 aliphatic heterocycles. The van der Waals surface area contributed by atoms with Crippen LogP contribution in [0.25, 0.3) is 22.3 Å². The molecule has 0 fully saturated rings. The smallest absolute Gasteiger partial charge is 0.250 e. The lowest BCUT2D eigenvalue weighted by Crippen LogP contribution is -2.15. The molecular weight excluding hydrogens is 364 g/mol. The van der Waals surface area contributed by atoms with Gasteiger partial charge in [0, 0.05) is 61.6 Å². The molecule has 29 heavy (non-hydrogen) atoms. The van der Waals surface area contributed by atoms with E-state index in [0.717, 1.165) is 22.3 Å². The molecule has 0 saturated heterocycles. The Hall–Kier alpha value is -3.74. The lowest BCUT2D eigenvalue weighted by atomic mass is 10.0. The topological polar surface area (TPSA) is 77.6 Å². The molecule has 1 aromatic carbocycles. The zero-order chi connectivity index (χ0) is 20.4. The molecule has 0 amide bonds. The van der Waals surface area contributed by atoms with E-state index < -0.39 is 0 Å². The van der Waals surface area contributed by atoms with Crippen molar-refractivity contribution in [3.05, 3.63) is 83.3 Å². The number of rotatable bonds is 5. The summed E-state index contributed by atoms with van der Waals surface area (Å²) < 4.78 is 3.50. The van der Waals surface area contributed by atoms with Crippen LogP contribution >= 0.6 is 0 Å². The molecular formula is C22H22N6O. The summed E-state index contributed by atoms with van der Waals surface area (Å²) in [6.07, 6.45) is 9.09. The maximum Gasteiger partial charge on any atom is 0.250 e. The Balaban J connectivity index is 1.78. The van der Waals surface area contributed by atoms with E-state index in [4.69, 9.17) is 0 Å². The van der Waals surface area contributed by atoms with Crippen molar-refractivity contribution in [3.63, 3.8) is 0 Å². The van der Waals surface area contributed by atoms with E-state index in [9.17, 15) is 4.79 Å². The molecule has 7 heteroatoms. The summed E-state index contributed by atoms with van der Waals surface area (Å²) in [5, 5.41) is 7.47. The number of aryl methyl sites for hydroxylation is 1. The largest absolute Gasteiger partial charge is 0.357 e. The molecule has 1 N–H and O–H groups in total. The second-order valence-corrected chi connectivity index (χ2v) is 6.89. The molecule has 4 aromatic rings.